The first-order chi connectivity index (χ1) is 10.1. The van der Waals surface area contributed by atoms with Gasteiger partial charge in [0.25, 0.3) is 0 Å². The van der Waals surface area contributed by atoms with Gasteiger partial charge < -0.3 is 20.1 Å². The van der Waals surface area contributed by atoms with Crippen LogP contribution in [-0.4, -0.2) is 53.8 Å². The minimum atomic E-state index is -0.888. The Bertz CT molecular complexity index is 375. The van der Waals surface area contributed by atoms with Crippen LogP contribution >= 0.6 is 0 Å². The summed E-state index contributed by atoms with van der Waals surface area (Å²) in [5.41, 5.74) is 0. The maximum atomic E-state index is 12.4. The maximum absolute atomic E-state index is 12.4. The molecule has 21 heavy (non-hydrogen) atoms. The summed E-state index contributed by atoms with van der Waals surface area (Å²) >= 11 is 0. The highest BCUT2D eigenvalue weighted by molar-refractivity contribution is 5.75. The fourth-order valence-corrected chi connectivity index (χ4v) is 3.36. The molecule has 0 radical (unpaired) electrons. The smallest absolute Gasteiger partial charge is 0.317 e. The second-order valence-corrected chi connectivity index (χ2v) is 6.05. The molecule has 1 aliphatic heterocycles. The minimum Gasteiger partial charge on any atom is -0.481 e. The molecule has 2 fully saturated rings. The molecule has 2 rings (SSSR count). The largest absolute Gasteiger partial charge is 0.481 e. The number of amides is 2. The van der Waals surface area contributed by atoms with Gasteiger partial charge in [-0.25, -0.2) is 4.79 Å². The van der Waals surface area contributed by atoms with Gasteiger partial charge in [-0.05, 0) is 18.8 Å². The van der Waals surface area contributed by atoms with Crippen molar-refractivity contribution in [3.63, 3.8) is 0 Å². The number of nitrogens with zero attached hydrogens (tertiary/aromatic N) is 1. The number of aliphatic carboxylic acids is 1. The summed E-state index contributed by atoms with van der Waals surface area (Å²) in [6.07, 6.45) is 5.31. The van der Waals surface area contributed by atoms with Crippen molar-refractivity contribution in [2.24, 2.45) is 5.92 Å². The number of rotatable bonds is 4. The molecule has 2 N–H and O–H groups in total. The third kappa shape index (κ3) is 4.59. The highest BCUT2D eigenvalue weighted by Crippen LogP contribution is 2.27. The van der Waals surface area contributed by atoms with Crippen LogP contribution in [0.1, 0.15) is 45.4 Å². The lowest BCUT2D eigenvalue weighted by Gasteiger charge is -2.36. The van der Waals surface area contributed by atoms with E-state index in [1.54, 1.807) is 4.90 Å². The Kier molecular flexibility index (Phi) is 5.85. The van der Waals surface area contributed by atoms with E-state index in [0.29, 0.717) is 25.6 Å². The molecule has 1 saturated carbocycles. The van der Waals surface area contributed by atoms with Gasteiger partial charge in [-0.15, -0.1) is 0 Å². The van der Waals surface area contributed by atoms with Gasteiger partial charge in [-0.1, -0.05) is 26.2 Å². The van der Waals surface area contributed by atoms with Gasteiger partial charge in [-0.3, -0.25) is 4.79 Å². The molecule has 2 amide bonds. The van der Waals surface area contributed by atoms with Crippen molar-refractivity contribution in [3.8, 4) is 0 Å². The van der Waals surface area contributed by atoms with Crippen LogP contribution in [-0.2, 0) is 9.53 Å². The lowest BCUT2D eigenvalue weighted by atomic mass is 9.83. The summed E-state index contributed by atoms with van der Waals surface area (Å²) in [4.78, 5) is 24.8. The Morgan fingerprint density at radius 2 is 2.10 bits per heavy atom. The fourth-order valence-electron chi connectivity index (χ4n) is 3.36. The topological polar surface area (TPSA) is 78.9 Å². The summed E-state index contributed by atoms with van der Waals surface area (Å²) in [6.45, 7) is 3.48. The molecule has 1 aliphatic carbocycles. The van der Waals surface area contributed by atoms with Gasteiger partial charge >= 0.3 is 12.0 Å². The van der Waals surface area contributed by atoms with E-state index in [4.69, 9.17) is 9.84 Å². The zero-order valence-corrected chi connectivity index (χ0v) is 12.7. The van der Waals surface area contributed by atoms with E-state index in [9.17, 15) is 9.59 Å². The summed E-state index contributed by atoms with van der Waals surface area (Å²) in [6, 6.07) is 0.191. The molecule has 0 aromatic heterocycles. The van der Waals surface area contributed by atoms with E-state index in [-0.39, 0.29) is 18.5 Å². The number of nitrogens with one attached hydrogen (secondary N) is 1. The normalized spacial score (nSPS) is 30.0. The number of hydrogen-bond acceptors (Lipinski definition) is 3. The summed E-state index contributed by atoms with van der Waals surface area (Å²) in [7, 11) is 0. The standard InChI is InChI=1S/C15H26N2O4/c1-2-11-5-3-4-6-13(11)16-15(20)17-7-8-21-12(10-17)9-14(18)19/h11-13H,2-10H2,1H3,(H,16,20)(H,18,19). The highest BCUT2D eigenvalue weighted by atomic mass is 16.5. The quantitative estimate of drug-likeness (QED) is 0.830. The van der Waals surface area contributed by atoms with Crippen LogP contribution < -0.4 is 5.32 Å². The number of carboxylic acids is 1. The van der Waals surface area contributed by atoms with Gasteiger partial charge in [0.2, 0.25) is 0 Å². The number of hydrogen-bond donors (Lipinski definition) is 2. The summed E-state index contributed by atoms with van der Waals surface area (Å²) in [5.74, 6) is -0.320. The Morgan fingerprint density at radius 1 is 1.33 bits per heavy atom. The molecule has 3 atom stereocenters. The second kappa shape index (κ2) is 7.64. The average Bonchev–Trinajstić information content (AvgIpc) is 2.47. The molecule has 0 spiro atoms. The van der Waals surface area contributed by atoms with E-state index >= 15 is 0 Å². The number of carboxylic acid groups (broad SMARTS) is 1. The van der Waals surface area contributed by atoms with Crippen molar-refractivity contribution in [2.75, 3.05) is 19.7 Å². The fraction of sp³-hybridized carbons (Fsp3) is 0.867. The molecule has 6 nitrogen and oxygen atoms in total. The van der Waals surface area contributed by atoms with Crippen LogP contribution in [0.25, 0.3) is 0 Å². The maximum Gasteiger partial charge on any atom is 0.317 e. The monoisotopic (exact) mass is 298 g/mol. The molecule has 0 bridgehead atoms. The van der Waals surface area contributed by atoms with E-state index in [1.807, 2.05) is 0 Å². The zero-order chi connectivity index (χ0) is 15.2. The van der Waals surface area contributed by atoms with Crippen LogP contribution in [0.5, 0.6) is 0 Å². The molecule has 3 unspecified atom stereocenters. The summed E-state index contributed by atoms with van der Waals surface area (Å²) in [5, 5.41) is 12.0. The van der Waals surface area contributed by atoms with Crippen molar-refractivity contribution in [1.82, 2.24) is 10.2 Å². The van der Waals surface area contributed by atoms with Crippen LogP contribution in [0.4, 0.5) is 4.79 Å². The van der Waals surface area contributed by atoms with E-state index in [2.05, 4.69) is 12.2 Å². The van der Waals surface area contributed by atoms with Gasteiger partial charge in [0.05, 0.1) is 19.1 Å². The molecule has 1 saturated heterocycles. The number of ether oxygens (including phenoxy) is 1. The molecular weight excluding hydrogens is 272 g/mol. The third-order valence-electron chi connectivity index (χ3n) is 4.57. The number of carbonyl (C=O) groups excluding carboxylic acids is 1. The van der Waals surface area contributed by atoms with Crippen molar-refractivity contribution >= 4 is 12.0 Å². The van der Waals surface area contributed by atoms with Gasteiger partial charge in [0.15, 0.2) is 0 Å². The first-order valence-electron chi connectivity index (χ1n) is 7.99. The van der Waals surface area contributed by atoms with Crippen LogP contribution in [0.3, 0.4) is 0 Å². The minimum absolute atomic E-state index is 0.0508. The van der Waals surface area contributed by atoms with Gasteiger partial charge in [0, 0.05) is 19.1 Å². The molecule has 1 heterocycles. The molecular formula is C15H26N2O4. The predicted molar refractivity (Wildman–Crippen MR) is 78.1 cm³/mol. The third-order valence-corrected chi connectivity index (χ3v) is 4.57. The van der Waals surface area contributed by atoms with E-state index < -0.39 is 12.1 Å². The Morgan fingerprint density at radius 3 is 2.81 bits per heavy atom. The molecule has 0 aromatic carbocycles. The van der Waals surface area contributed by atoms with Crippen LogP contribution in [0.2, 0.25) is 0 Å². The van der Waals surface area contributed by atoms with Crippen LogP contribution in [0, 0.1) is 5.92 Å². The van der Waals surface area contributed by atoms with Crippen LogP contribution in [0.15, 0.2) is 0 Å². The number of morpholine rings is 1. The van der Waals surface area contributed by atoms with Crippen molar-refractivity contribution < 1.29 is 19.4 Å². The first-order valence-corrected chi connectivity index (χ1v) is 7.99. The van der Waals surface area contributed by atoms with Gasteiger partial charge in [-0.2, -0.15) is 0 Å². The Balaban J connectivity index is 1.85. The lowest BCUT2D eigenvalue weighted by Crippen LogP contribution is -2.53. The van der Waals surface area contributed by atoms with E-state index in [1.165, 1.54) is 19.3 Å². The molecule has 2 aliphatic rings. The van der Waals surface area contributed by atoms with Crippen molar-refractivity contribution in [3.05, 3.63) is 0 Å². The van der Waals surface area contributed by atoms with Crippen molar-refractivity contribution in [2.45, 2.75) is 57.6 Å². The zero-order valence-electron chi connectivity index (χ0n) is 12.7. The lowest BCUT2D eigenvalue weighted by molar-refractivity contribution is -0.141. The number of urea groups is 1. The number of carbonyl (C=O) groups is 2. The van der Waals surface area contributed by atoms with E-state index in [0.717, 1.165) is 12.8 Å². The Labute approximate surface area is 125 Å². The molecule has 6 heteroatoms. The van der Waals surface area contributed by atoms with Crippen molar-refractivity contribution in [1.29, 1.82) is 0 Å². The SMILES string of the molecule is CCC1CCCCC1NC(=O)N1CCOC(CC(=O)O)C1. The average molecular weight is 298 g/mol. The Hall–Kier alpha value is -1.30. The predicted octanol–water partition coefficient (Wildman–Crippen LogP) is 1.84. The summed E-state index contributed by atoms with van der Waals surface area (Å²) < 4.78 is 5.40. The molecule has 0 aromatic rings. The van der Waals surface area contributed by atoms with Gasteiger partial charge in [0.1, 0.15) is 0 Å². The second-order valence-electron chi connectivity index (χ2n) is 6.05. The molecule has 120 valence electrons. The first kappa shape index (κ1) is 16.1. The highest BCUT2D eigenvalue weighted by Gasteiger charge is 2.30.